The predicted molar refractivity (Wildman–Crippen MR) is 78.7 cm³/mol. The van der Waals surface area contributed by atoms with E-state index in [0.717, 1.165) is 31.0 Å². The molecule has 2 N–H and O–H groups in total. The van der Waals surface area contributed by atoms with E-state index in [4.69, 9.17) is 4.74 Å². The standard InChI is InChI=1S/C16H21N3O/c1-11-14(10-18-19-11)9-17-8-13-6-4-5-12-7-16(2,3)20-15(12)13/h4-6,10,17H,7-9H2,1-3H3,(H,18,19). The topological polar surface area (TPSA) is 49.9 Å². The minimum absolute atomic E-state index is 0.0837. The van der Waals surface area contributed by atoms with Crippen LogP contribution in [-0.4, -0.2) is 15.8 Å². The first-order chi connectivity index (χ1) is 9.55. The highest BCUT2D eigenvalue weighted by Gasteiger charge is 2.31. The highest BCUT2D eigenvalue weighted by atomic mass is 16.5. The number of fused-ring (bicyclic) bond motifs is 1. The second-order valence-electron chi connectivity index (χ2n) is 6.07. The van der Waals surface area contributed by atoms with Gasteiger partial charge >= 0.3 is 0 Å². The number of hydrogen-bond acceptors (Lipinski definition) is 3. The molecule has 106 valence electrons. The summed E-state index contributed by atoms with van der Waals surface area (Å²) in [5.74, 6) is 1.06. The van der Waals surface area contributed by atoms with Crippen LogP contribution in [0.3, 0.4) is 0 Å². The maximum atomic E-state index is 6.08. The minimum atomic E-state index is -0.0837. The molecular weight excluding hydrogens is 250 g/mol. The first-order valence-electron chi connectivity index (χ1n) is 7.04. The molecule has 4 heteroatoms. The van der Waals surface area contributed by atoms with Gasteiger partial charge in [0.05, 0.1) is 6.20 Å². The molecule has 0 spiro atoms. The molecule has 0 bridgehead atoms. The van der Waals surface area contributed by atoms with Crippen molar-refractivity contribution in [2.75, 3.05) is 0 Å². The molecule has 0 radical (unpaired) electrons. The highest BCUT2D eigenvalue weighted by Crippen LogP contribution is 2.37. The number of nitrogens with zero attached hydrogens (tertiary/aromatic N) is 1. The Labute approximate surface area is 119 Å². The molecule has 0 saturated carbocycles. The second-order valence-corrected chi connectivity index (χ2v) is 6.07. The highest BCUT2D eigenvalue weighted by molar-refractivity contribution is 5.45. The monoisotopic (exact) mass is 271 g/mol. The van der Waals surface area contributed by atoms with Crippen LogP contribution in [0, 0.1) is 6.92 Å². The van der Waals surface area contributed by atoms with Crippen LogP contribution < -0.4 is 10.1 Å². The average Bonchev–Trinajstić information content (AvgIpc) is 2.92. The van der Waals surface area contributed by atoms with Crippen LogP contribution in [0.2, 0.25) is 0 Å². The van der Waals surface area contributed by atoms with Crippen LogP contribution in [0.25, 0.3) is 0 Å². The van der Waals surface area contributed by atoms with Gasteiger partial charge < -0.3 is 10.1 Å². The number of aromatic amines is 1. The maximum Gasteiger partial charge on any atom is 0.127 e. The summed E-state index contributed by atoms with van der Waals surface area (Å²) in [6, 6.07) is 6.41. The van der Waals surface area contributed by atoms with E-state index in [1.54, 1.807) is 0 Å². The Morgan fingerprint density at radius 2 is 2.10 bits per heavy atom. The van der Waals surface area contributed by atoms with E-state index in [2.05, 4.69) is 47.6 Å². The fraction of sp³-hybridized carbons (Fsp3) is 0.438. The number of aromatic nitrogens is 2. The summed E-state index contributed by atoms with van der Waals surface area (Å²) in [5, 5.41) is 10.5. The van der Waals surface area contributed by atoms with Crippen molar-refractivity contribution in [1.29, 1.82) is 0 Å². The van der Waals surface area contributed by atoms with Crippen molar-refractivity contribution in [2.45, 2.75) is 45.9 Å². The molecule has 0 saturated heterocycles. The summed E-state index contributed by atoms with van der Waals surface area (Å²) in [4.78, 5) is 0. The third-order valence-corrected chi connectivity index (χ3v) is 3.74. The lowest BCUT2D eigenvalue weighted by molar-refractivity contribution is 0.137. The summed E-state index contributed by atoms with van der Waals surface area (Å²) in [6.45, 7) is 7.94. The number of rotatable bonds is 4. The number of ether oxygens (including phenoxy) is 1. The summed E-state index contributed by atoms with van der Waals surface area (Å²) in [5.41, 5.74) is 4.79. The fourth-order valence-electron chi connectivity index (χ4n) is 2.70. The Balaban J connectivity index is 1.68. The SMILES string of the molecule is Cc1[nH]ncc1CNCc1cccc2c1OC(C)(C)C2. The quantitative estimate of drug-likeness (QED) is 0.899. The number of H-pyrrole nitrogens is 1. The van der Waals surface area contributed by atoms with Crippen molar-refractivity contribution >= 4 is 0 Å². The van der Waals surface area contributed by atoms with E-state index in [1.807, 2.05) is 13.1 Å². The minimum Gasteiger partial charge on any atom is -0.487 e. The molecule has 3 rings (SSSR count). The van der Waals surface area contributed by atoms with Gasteiger partial charge in [-0.25, -0.2) is 0 Å². The predicted octanol–water partition coefficient (Wildman–Crippen LogP) is 2.72. The number of aryl methyl sites for hydroxylation is 1. The van der Waals surface area contributed by atoms with E-state index < -0.39 is 0 Å². The molecule has 1 aliphatic heterocycles. The largest absolute Gasteiger partial charge is 0.487 e. The lowest BCUT2D eigenvalue weighted by atomic mass is 10.0. The van der Waals surface area contributed by atoms with Crippen LogP contribution in [0.15, 0.2) is 24.4 Å². The number of nitrogens with one attached hydrogen (secondary N) is 2. The average molecular weight is 271 g/mol. The van der Waals surface area contributed by atoms with Crippen molar-refractivity contribution in [3.05, 3.63) is 46.8 Å². The Morgan fingerprint density at radius 3 is 2.85 bits per heavy atom. The Hall–Kier alpha value is -1.81. The third kappa shape index (κ3) is 2.56. The van der Waals surface area contributed by atoms with Gasteiger partial charge in [-0.3, -0.25) is 5.10 Å². The number of hydrogen-bond donors (Lipinski definition) is 2. The van der Waals surface area contributed by atoms with Gasteiger partial charge in [-0.2, -0.15) is 5.10 Å². The van der Waals surface area contributed by atoms with Gasteiger partial charge in [0.1, 0.15) is 11.4 Å². The lowest BCUT2D eigenvalue weighted by Gasteiger charge is -2.18. The Morgan fingerprint density at radius 1 is 1.30 bits per heavy atom. The van der Waals surface area contributed by atoms with Crippen LogP contribution in [0.4, 0.5) is 0 Å². The van der Waals surface area contributed by atoms with Crippen molar-refractivity contribution < 1.29 is 4.74 Å². The van der Waals surface area contributed by atoms with Crippen LogP contribution in [0.5, 0.6) is 5.75 Å². The summed E-state index contributed by atoms with van der Waals surface area (Å²) in [7, 11) is 0. The molecule has 0 fully saturated rings. The van der Waals surface area contributed by atoms with Crippen molar-refractivity contribution in [3.8, 4) is 5.75 Å². The molecule has 0 atom stereocenters. The summed E-state index contributed by atoms with van der Waals surface area (Å²) >= 11 is 0. The Bertz CT molecular complexity index is 616. The van der Waals surface area contributed by atoms with Gasteiger partial charge in [0, 0.05) is 36.3 Å². The van der Waals surface area contributed by atoms with Gasteiger partial charge in [-0.15, -0.1) is 0 Å². The first-order valence-corrected chi connectivity index (χ1v) is 7.04. The molecule has 2 aromatic rings. The number of benzene rings is 1. The van der Waals surface area contributed by atoms with E-state index in [0.29, 0.717) is 0 Å². The molecule has 0 aliphatic carbocycles. The molecule has 1 aromatic heterocycles. The van der Waals surface area contributed by atoms with Gasteiger partial charge in [-0.05, 0) is 26.3 Å². The number of para-hydroxylation sites is 1. The smallest absolute Gasteiger partial charge is 0.127 e. The molecule has 20 heavy (non-hydrogen) atoms. The maximum absolute atomic E-state index is 6.08. The Kier molecular flexibility index (Phi) is 3.26. The van der Waals surface area contributed by atoms with Crippen LogP contribution in [0.1, 0.15) is 36.2 Å². The van der Waals surface area contributed by atoms with E-state index in [9.17, 15) is 0 Å². The van der Waals surface area contributed by atoms with Gasteiger partial charge in [0.25, 0.3) is 0 Å². The van der Waals surface area contributed by atoms with E-state index in [-0.39, 0.29) is 5.60 Å². The van der Waals surface area contributed by atoms with Gasteiger partial charge in [-0.1, -0.05) is 18.2 Å². The summed E-state index contributed by atoms with van der Waals surface area (Å²) in [6.07, 6.45) is 2.86. The second kappa shape index (κ2) is 4.94. The molecule has 2 heterocycles. The molecule has 0 unspecified atom stereocenters. The fourth-order valence-corrected chi connectivity index (χ4v) is 2.70. The van der Waals surface area contributed by atoms with Crippen molar-refractivity contribution in [1.82, 2.24) is 15.5 Å². The van der Waals surface area contributed by atoms with E-state index in [1.165, 1.54) is 16.7 Å². The summed E-state index contributed by atoms with van der Waals surface area (Å²) < 4.78 is 6.08. The van der Waals surface area contributed by atoms with Crippen LogP contribution >= 0.6 is 0 Å². The molecule has 1 aromatic carbocycles. The van der Waals surface area contributed by atoms with Gasteiger partial charge in [0.2, 0.25) is 0 Å². The van der Waals surface area contributed by atoms with E-state index >= 15 is 0 Å². The van der Waals surface area contributed by atoms with Crippen LogP contribution in [-0.2, 0) is 19.5 Å². The lowest BCUT2D eigenvalue weighted by Crippen LogP contribution is -2.25. The molecule has 0 amide bonds. The molecular formula is C16H21N3O. The normalized spacial score (nSPS) is 15.9. The molecule has 4 nitrogen and oxygen atoms in total. The zero-order valence-electron chi connectivity index (χ0n) is 12.3. The van der Waals surface area contributed by atoms with Crippen molar-refractivity contribution in [2.24, 2.45) is 0 Å². The zero-order chi connectivity index (χ0) is 14.2. The third-order valence-electron chi connectivity index (χ3n) is 3.74. The van der Waals surface area contributed by atoms with Gasteiger partial charge in [0.15, 0.2) is 0 Å². The van der Waals surface area contributed by atoms with Crippen molar-refractivity contribution in [3.63, 3.8) is 0 Å². The first kappa shape index (κ1) is 13.2. The molecule has 1 aliphatic rings. The zero-order valence-corrected chi connectivity index (χ0v) is 12.3.